The first-order valence-electron chi connectivity index (χ1n) is 2.17. The highest BCUT2D eigenvalue weighted by molar-refractivity contribution is 5.89. The van der Waals surface area contributed by atoms with Gasteiger partial charge in [0.05, 0.1) is 0 Å². The van der Waals surface area contributed by atoms with E-state index in [0.29, 0.717) is 6.73 Å². The number of hydrogen-bond donors (Lipinski definition) is 2. The number of nitrogens with two attached hydrogens (primary N) is 1. The number of hydrogen-bond acceptors (Lipinski definition) is 3. The van der Waals surface area contributed by atoms with Gasteiger partial charge in [-0.15, -0.1) is 0 Å². The molecular formula is C4H6N2O2. The molecule has 1 heterocycles. The average molecular weight is 114 g/mol. The lowest BCUT2D eigenvalue weighted by Gasteiger charge is -1.92. The second-order valence-corrected chi connectivity index (χ2v) is 1.37. The molecule has 0 atom stereocenters. The van der Waals surface area contributed by atoms with E-state index in [2.05, 4.69) is 10.1 Å². The molecule has 4 nitrogen and oxygen atoms in total. The summed E-state index contributed by atoms with van der Waals surface area (Å²) in [4.78, 5) is 10.2. The van der Waals surface area contributed by atoms with Crippen LogP contribution in [0.3, 0.4) is 0 Å². The number of ether oxygens (including phenoxy) is 1. The molecule has 0 bridgehead atoms. The molecule has 0 aliphatic carbocycles. The Morgan fingerprint density at radius 3 is 3.00 bits per heavy atom. The average Bonchev–Trinajstić information content (AvgIpc) is 2.12. The first kappa shape index (κ1) is 4.96. The number of nitrogens with one attached hydrogen (secondary N) is 1. The lowest BCUT2D eigenvalue weighted by molar-refractivity contribution is -0.117. The molecule has 44 valence electrons. The lowest BCUT2D eigenvalue weighted by atomic mass is 10.5. The number of carbonyl (C=O) groups excluding carboxylic acids is 1. The quantitative estimate of drug-likeness (QED) is 0.454. The molecule has 0 aromatic rings. The second-order valence-electron chi connectivity index (χ2n) is 1.37. The smallest absolute Gasteiger partial charge is 0.285 e. The van der Waals surface area contributed by atoms with Gasteiger partial charge in [0.25, 0.3) is 5.91 Å². The maximum atomic E-state index is 10.2. The van der Waals surface area contributed by atoms with Crippen LogP contribution in [0.4, 0.5) is 0 Å². The van der Waals surface area contributed by atoms with Crippen molar-refractivity contribution in [1.82, 2.24) is 5.32 Å². The standard InChI is InChI=1S/C4H6N2O2/c5-4(7)3-1-6-2-8-3/h1,6H,2H2,(H2,5,7). The van der Waals surface area contributed by atoms with Crippen LogP contribution in [0, 0.1) is 0 Å². The molecule has 0 fully saturated rings. The van der Waals surface area contributed by atoms with E-state index in [1.807, 2.05) is 0 Å². The molecule has 0 radical (unpaired) electrons. The third kappa shape index (κ3) is 0.726. The topological polar surface area (TPSA) is 64.4 Å². The van der Waals surface area contributed by atoms with Gasteiger partial charge in [-0.1, -0.05) is 0 Å². The van der Waals surface area contributed by atoms with Crippen molar-refractivity contribution in [3.63, 3.8) is 0 Å². The molecule has 0 aromatic carbocycles. The summed E-state index contributed by atoms with van der Waals surface area (Å²) in [7, 11) is 0. The summed E-state index contributed by atoms with van der Waals surface area (Å²) in [6.45, 7) is 0.346. The highest BCUT2D eigenvalue weighted by Crippen LogP contribution is 1.97. The van der Waals surface area contributed by atoms with Crippen molar-refractivity contribution in [3.8, 4) is 0 Å². The summed E-state index contributed by atoms with van der Waals surface area (Å²) in [5, 5.41) is 2.67. The van der Waals surface area contributed by atoms with Crippen molar-refractivity contribution >= 4 is 5.91 Å². The van der Waals surface area contributed by atoms with Gasteiger partial charge in [-0.05, 0) is 0 Å². The van der Waals surface area contributed by atoms with E-state index in [9.17, 15) is 4.79 Å². The van der Waals surface area contributed by atoms with Gasteiger partial charge in [-0.3, -0.25) is 4.79 Å². The van der Waals surface area contributed by atoms with Crippen LogP contribution in [-0.4, -0.2) is 12.6 Å². The molecule has 0 aromatic heterocycles. The number of amides is 1. The number of rotatable bonds is 1. The van der Waals surface area contributed by atoms with E-state index < -0.39 is 5.91 Å². The monoisotopic (exact) mass is 114 g/mol. The van der Waals surface area contributed by atoms with Crippen LogP contribution in [0.5, 0.6) is 0 Å². The van der Waals surface area contributed by atoms with Crippen molar-refractivity contribution in [3.05, 3.63) is 12.0 Å². The van der Waals surface area contributed by atoms with Crippen molar-refractivity contribution in [2.45, 2.75) is 0 Å². The molecule has 1 rings (SSSR count). The second kappa shape index (κ2) is 1.73. The van der Waals surface area contributed by atoms with Crippen LogP contribution < -0.4 is 11.1 Å². The third-order valence-electron chi connectivity index (χ3n) is 0.787. The molecule has 8 heavy (non-hydrogen) atoms. The summed E-state index contributed by atoms with van der Waals surface area (Å²) in [6, 6.07) is 0. The van der Waals surface area contributed by atoms with E-state index in [1.165, 1.54) is 6.20 Å². The van der Waals surface area contributed by atoms with Crippen molar-refractivity contribution in [1.29, 1.82) is 0 Å². The van der Waals surface area contributed by atoms with Crippen LogP contribution in [-0.2, 0) is 9.53 Å². The molecule has 3 N–H and O–H groups in total. The molecule has 1 amide bonds. The zero-order valence-corrected chi connectivity index (χ0v) is 4.18. The van der Waals surface area contributed by atoms with Gasteiger partial charge in [0.2, 0.25) is 5.76 Å². The number of carbonyl (C=O) groups is 1. The minimum absolute atomic E-state index is 0.199. The summed E-state index contributed by atoms with van der Waals surface area (Å²) < 4.78 is 4.69. The SMILES string of the molecule is NC(=O)C1=CNCO1. The van der Waals surface area contributed by atoms with Crippen molar-refractivity contribution in [2.75, 3.05) is 6.73 Å². The highest BCUT2D eigenvalue weighted by Gasteiger charge is 2.08. The van der Waals surface area contributed by atoms with E-state index in [-0.39, 0.29) is 5.76 Å². The number of primary amides is 1. The summed E-state index contributed by atoms with van der Waals surface area (Å²) >= 11 is 0. The third-order valence-corrected chi connectivity index (χ3v) is 0.787. The van der Waals surface area contributed by atoms with E-state index in [1.54, 1.807) is 0 Å². The highest BCUT2D eigenvalue weighted by atomic mass is 16.5. The Kier molecular flexibility index (Phi) is 1.07. The Labute approximate surface area is 46.3 Å². The normalized spacial score (nSPS) is 16.2. The Bertz CT molecular complexity index is 141. The first-order valence-corrected chi connectivity index (χ1v) is 2.17. The maximum Gasteiger partial charge on any atom is 0.285 e. The van der Waals surface area contributed by atoms with Crippen LogP contribution in [0.1, 0.15) is 0 Å². The fraction of sp³-hybridized carbons (Fsp3) is 0.250. The molecule has 1 aliphatic rings. The molecular weight excluding hydrogens is 108 g/mol. The molecule has 0 saturated heterocycles. The van der Waals surface area contributed by atoms with Gasteiger partial charge >= 0.3 is 0 Å². The Morgan fingerprint density at radius 2 is 2.75 bits per heavy atom. The van der Waals surface area contributed by atoms with Gasteiger partial charge in [0.15, 0.2) is 6.73 Å². The molecule has 0 spiro atoms. The van der Waals surface area contributed by atoms with Gasteiger partial charge in [-0.2, -0.15) is 0 Å². The predicted octanol–water partition coefficient (Wildman–Crippen LogP) is -1.11. The van der Waals surface area contributed by atoms with Crippen LogP contribution in [0.2, 0.25) is 0 Å². The lowest BCUT2D eigenvalue weighted by Crippen LogP contribution is -2.13. The van der Waals surface area contributed by atoms with Gasteiger partial charge in [0.1, 0.15) is 0 Å². The molecule has 0 unspecified atom stereocenters. The van der Waals surface area contributed by atoms with Crippen LogP contribution in [0.25, 0.3) is 0 Å². The van der Waals surface area contributed by atoms with Crippen molar-refractivity contribution < 1.29 is 9.53 Å². The zero-order valence-electron chi connectivity index (χ0n) is 4.18. The minimum atomic E-state index is -0.532. The Hall–Kier alpha value is -1.19. The summed E-state index contributed by atoms with van der Waals surface area (Å²) in [5.41, 5.74) is 4.83. The Balaban J connectivity index is 2.57. The van der Waals surface area contributed by atoms with Gasteiger partial charge in [0, 0.05) is 6.20 Å². The van der Waals surface area contributed by atoms with E-state index in [4.69, 9.17) is 5.73 Å². The molecule has 0 saturated carbocycles. The van der Waals surface area contributed by atoms with Gasteiger partial charge in [-0.25, -0.2) is 0 Å². The van der Waals surface area contributed by atoms with E-state index >= 15 is 0 Å². The summed E-state index contributed by atoms with van der Waals surface area (Å²) in [5.74, 6) is -0.333. The predicted molar refractivity (Wildman–Crippen MR) is 26.4 cm³/mol. The maximum absolute atomic E-state index is 10.2. The van der Waals surface area contributed by atoms with Gasteiger partial charge < -0.3 is 15.8 Å². The largest absolute Gasteiger partial charge is 0.466 e. The summed E-state index contributed by atoms with van der Waals surface area (Å²) in [6.07, 6.45) is 1.45. The van der Waals surface area contributed by atoms with E-state index in [0.717, 1.165) is 0 Å². The Morgan fingerprint density at radius 1 is 2.00 bits per heavy atom. The fourth-order valence-electron chi connectivity index (χ4n) is 0.438. The van der Waals surface area contributed by atoms with Crippen LogP contribution >= 0.6 is 0 Å². The molecule has 4 heteroatoms. The molecule has 1 aliphatic heterocycles. The van der Waals surface area contributed by atoms with Crippen LogP contribution in [0.15, 0.2) is 12.0 Å². The zero-order chi connectivity index (χ0) is 5.98. The minimum Gasteiger partial charge on any atom is -0.466 e. The fourth-order valence-corrected chi connectivity index (χ4v) is 0.438. The first-order chi connectivity index (χ1) is 3.80. The van der Waals surface area contributed by atoms with Crippen molar-refractivity contribution in [2.24, 2.45) is 5.73 Å².